The zero-order valence-electron chi connectivity index (χ0n) is 7.19. The van der Waals surface area contributed by atoms with E-state index in [2.05, 4.69) is 15.9 Å². The fourth-order valence-corrected chi connectivity index (χ4v) is 2.84. The van der Waals surface area contributed by atoms with Crippen LogP contribution in [0.2, 0.25) is 0 Å². The Bertz CT molecular complexity index is 291. The smallest absolute Gasteiger partial charge is 0.173 e. The molecule has 1 aromatic rings. The third-order valence-corrected chi connectivity index (χ3v) is 3.52. The van der Waals surface area contributed by atoms with Crippen LogP contribution in [0.4, 0.5) is 0 Å². The van der Waals surface area contributed by atoms with E-state index in [4.69, 9.17) is 0 Å². The molecule has 0 radical (unpaired) electrons. The summed E-state index contributed by atoms with van der Waals surface area (Å²) in [4.78, 5) is 13.5. The summed E-state index contributed by atoms with van der Waals surface area (Å²) in [7, 11) is 0. The van der Waals surface area contributed by atoms with Gasteiger partial charge in [0.05, 0.1) is 4.88 Å². The molecule has 12 heavy (non-hydrogen) atoms. The molecule has 0 aliphatic heterocycles. The maximum atomic E-state index is 11.5. The molecule has 0 saturated carbocycles. The highest BCUT2D eigenvalue weighted by molar-refractivity contribution is 9.10. The standard InChI is InChI=1S/C9H11BrOS/c1-3-4-8(11)9-7(10)5-6(2)12-9/h5H,3-4H2,1-2H3. The minimum atomic E-state index is 0.252. The third-order valence-electron chi connectivity index (χ3n) is 1.54. The van der Waals surface area contributed by atoms with Crippen LogP contribution in [0.3, 0.4) is 0 Å². The lowest BCUT2D eigenvalue weighted by molar-refractivity contribution is 0.0985. The van der Waals surface area contributed by atoms with E-state index in [9.17, 15) is 4.79 Å². The van der Waals surface area contributed by atoms with Gasteiger partial charge < -0.3 is 0 Å². The lowest BCUT2D eigenvalue weighted by Gasteiger charge is -1.94. The molecule has 1 rings (SSSR count). The van der Waals surface area contributed by atoms with Gasteiger partial charge in [-0.1, -0.05) is 6.92 Å². The first-order chi connectivity index (χ1) is 5.65. The summed E-state index contributed by atoms with van der Waals surface area (Å²) in [5, 5.41) is 0. The van der Waals surface area contributed by atoms with Gasteiger partial charge in [-0.3, -0.25) is 4.79 Å². The molecule has 1 heterocycles. The van der Waals surface area contributed by atoms with Crippen LogP contribution in [0.5, 0.6) is 0 Å². The largest absolute Gasteiger partial charge is 0.293 e. The highest BCUT2D eigenvalue weighted by Gasteiger charge is 2.11. The Labute approximate surface area is 84.9 Å². The van der Waals surface area contributed by atoms with Gasteiger partial charge in [0.15, 0.2) is 5.78 Å². The number of halogens is 1. The summed E-state index contributed by atoms with van der Waals surface area (Å²) >= 11 is 4.94. The first-order valence-electron chi connectivity index (χ1n) is 3.94. The zero-order chi connectivity index (χ0) is 9.14. The molecule has 66 valence electrons. The molecule has 1 aromatic heterocycles. The average molecular weight is 247 g/mol. The Hall–Kier alpha value is -0.150. The second-order valence-electron chi connectivity index (χ2n) is 2.71. The lowest BCUT2D eigenvalue weighted by atomic mass is 10.2. The van der Waals surface area contributed by atoms with Gasteiger partial charge in [-0.05, 0) is 35.3 Å². The number of carbonyl (C=O) groups is 1. The number of Topliss-reactive ketones (excluding diaryl/α,β-unsaturated/α-hetero) is 1. The summed E-state index contributed by atoms with van der Waals surface area (Å²) < 4.78 is 0.948. The van der Waals surface area contributed by atoms with Gasteiger partial charge in [0.2, 0.25) is 0 Å². The first-order valence-corrected chi connectivity index (χ1v) is 5.55. The molecule has 0 aromatic carbocycles. The maximum absolute atomic E-state index is 11.5. The van der Waals surface area contributed by atoms with Crippen molar-refractivity contribution in [2.45, 2.75) is 26.7 Å². The number of thiophene rings is 1. The van der Waals surface area contributed by atoms with Crippen LogP contribution in [0.15, 0.2) is 10.5 Å². The molecule has 0 spiro atoms. The van der Waals surface area contributed by atoms with Crippen molar-refractivity contribution in [2.24, 2.45) is 0 Å². The minimum absolute atomic E-state index is 0.252. The normalized spacial score (nSPS) is 10.2. The number of aryl methyl sites for hydroxylation is 1. The Kier molecular flexibility index (Phi) is 3.47. The Balaban J connectivity index is 2.87. The van der Waals surface area contributed by atoms with Crippen molar-refractivity contribution in [1.82, 2.24) is 0 Å². The van der Waals surface area contributed by atoms with Crippen molar-refractivity contribution >= 4 is 33.0 Å². The SMILES string of the molecule is CCCC(=O)c1sc(C)cc1Br. The Morgan fingerprint density at radius 3 is 2.75 bits per heavy atom. The van der Waals surface area contributed by atoms with Crippen LogP contribution in [0.1, 0.15) is 34.3 Å². The molecule has 1 nitrogen and oxygen atoms in total. The van der Waals surface area contributed by atoms with Crippen molar-refractivity contribution in [3.8, 4) is 0 Å². The van der Waals surface area contributed by atoms with Crippen molar-refractivity contribution in [3.05, 3.63) is 20.3 Å². The predicted octanol–water partition coefficient (Wildman–Crippen LogP) is 3.80. The van der Waals surface area contributed by atoms with Gasteiger partial charge in [0.25, 0.3) is 0 Å². The molecule has 0 atom stereocenters. The van der Waals surface area contributed by atoms with Gasteiger partial charge in [0.1, 0.15) is 0 Å². The quantitative estimate of drug-likeness (QED) is 0.742. The molecule has 0 unspecified atom stereocenters. The van der Waals surface area contributed by atoms with Gasteiger partial charge in [0, 0.05) is 15.8 Å². The molecule has 0 bridgehead atoms. The number of hydrogen-bond donors (Lipinski definition) is 0. The fourth-order valence-electron chi connectivity index (χ4n) is 1.01. The first kappa shape index (κ1) is 9.93. The van der Waals surface area contributed by atoms with Gasteiger partial charge in [-0.2, -0.15) is 0 Å². The van der Waals surface area contributed by atoms with Crippen molar-refractivity contribution in [3.63, 3.8) is 0 Å². The summed E-state index contributed by atoms with van der Waals surface area (Å²) in [6.45, 7) is 4.03. The predicted molar refractivity (Wildman–Crippen MR) is 56.0 cm³/mol. The van der Waals surface area contributed by atoms with Crippen LogP contribution >= 0.6 is 27.3 Å². The molecule has 0 aliphatic carbocycles. The van der Waals surface area contributed by atoms with E-state index in [0.29, 0.717) is 6.42 Å². The monoisotopic (exact) mass is 246 g/mol. The average Bonchev–Trinajstić information content (AvgIpc) is 2.30. The van der Waals surface area contributed by atoms with E-state index < -0.39 is 0 Å². The molecule has 0 fully saturated rings. The number of hydrogen-bond acceptors (Lipinski definition) is 2. The van der Waals surface area contributed by atoms with Crippen LogP contribution < -0.4 is 0 Å². The second-order valence-corrected chi connectivity index (χ2v) is 4.82. The molecular formula is C9H11BrOS. The van der Waals surface area contributed by atoms with Crippen molar-refractivity contribution in [2.75, 3.05) is 0 Å². The van der Waals surface area contributed by atoms with Gasteiger partial charge in [-0.25, -0.2) is 0 Å². The summed E-state index contributed by atoms with van der Waals surface area (Å²) in [5.74, 6) is 0.252. The highest BCUT2D eigenvalue weighted by atomic mass is 79.9. The number of rotatable bonds is 3. The van der Waals surface area contributed by atoms with E-state index >= 15 is 0 Å². The fraction of sp³-hybridized carbons (Fsp3) is 0.444. The number of carbonyl (C=O) groups excluding carboxylic acids is 1. The Morgan fingerprint density at radius 2 is 2.33 bits per heavy atom. The van der Waals surface area contributed by atoms with E-state index in [0.717, 1.165) is 15.8 Å². The van der Waals surface area contributed by atoms with Crippen molar-refractivity contribution in [1.29, 1.82) is 0 Å². The summed E-state index contributed by atoms with van der Waals surface area (Å²) in [6, 6.07) is 1.99. The molecule has 0 aliphatic rings. The van der Waals surface area contributed by atoms with Gasteiger partial charge >= 0.3 is 0 Å². The summed E-state index contributed by atoms with van der Waals surface area (Å²) in [6.07, 6.45) is 1.57. The lowest BCUT2D eigenvalue weighted by Crippen LogP contribution is -1.94. The molecule has 0 N–H and O–H groups in total. The van der Waals surface area contributed by atoms with Crippen molar-refractivity contribution < 1.29 is 4.79 Å². The zero-order valence-corrected chi connectivity index (χ0v) is 9.59. The van der Waals surface area contributed by atoms with Crippen LogP contribution in [0.25, 0.3) is 0 Å². The Morgan fingerprint density at radius 1 is 1.67 bits per heavy atom. The van der Waals surface area contributed by atoms with E-state index in [-0.39, 0.29) is 5.78 Å². The van der Waals surface area contributed by atoms with E-state index in [1.807, 2.05) is 19.9 Å². The highest BCUT2D eigenvalue weighted by Crippen LogP contribution is 2.28. The molecule has 0 amide bonds. The molecular weight excluding hydrogens is 236 g/mol. The van der Waals surface area contributed by atoms with E-state index in [1.54, 1.807) is 11.3 Å². The van der Waals surface area contributed by atoms with Crippen LogP contribution in [-0.4, -0.2) is 5.78 Å². The molecule has 0 saturated heterocycles. The summed E-state index contributed by atoms with van der Waals surface area (Å²) in [5.41, 5.74) is 0. The second kappa shape index (κ2) is 4.19. The van der Waals surface area contributed by atoms with E-state index in [1.165, 1.54) is 4.88 Å². The van der Waals surface area contributed by atoms with Crippen LogP contribution in [-0.2, 0) is 0 Å². The minimum Gasteiger partial charge on any atom is -0.293 e. The number of ketones is 1. The van der Waals surface area contributed by atoms with Crippen LogP contribution in [0, 0.1) is 6.92 Å². The third kappa shape index (κ3) is 2.17. The maximum Gasteiger partial charge on any atom is 0.173 e. The topological polar surface area (TPSA) is 17.1 Å². The van der Waals surface area contributed by atoms with Gasteiger partial charge in [-0.15, -0.1) is 11.3 Å². The molecule has 3 heteroatoms.